The van der Waals surface area contributed by atoms with Gasteiger partial charge in [0.1, 0.15) is 0 Å². The molecule has 1 saturated heterocycles. The second-order valence-corrected chi connectivity index (χ2v) is 6.35. The highest BCUT2D eigenvalue weighted by Gasteiger charge is 2.26. The van der Waals surface area contributed by atoms with Gasteiger partial charge in [0.15, 0.2) is 0 Å². The van der Waals surface area contributed by atoms with Gasteiger partial charge in [0.2, 0.25) is 5.91 Å². The smallest absolute Gasteiger partial charge is 0.235 e. The second-order valence-electron chi connectivity index (χ2n) is 5.02. The number of carbonyl (C=O) groups is 1. The van der Waals surface area contributed by atoms with Gasteiger partial charge in [-0.15, -0.1) is 11.8 Å². The van der Waals surface area contributed by atoms with Crippen LogP contribution in [0.4, 0.5) is 0 Å². The third kappa shape index (κ3) is 3.98. The molecule has 2 rings (SSSR count). The quantitative estimate of drug-likeness (QED) is 0.916. The number of nitrogens with zero attached hydrogens (tertiary/aromatic N) is 1. The number of hydrogen-bond acceptors (Lipinski definition) is 3. The molecule has 1 aliphatic rings. The first-order valence-electron chi connectivity index (χ1n) is 6.85. The summed E-state index contributed by atoms with van der Waals surface area (Å²) in [5, 5.41) is 3.34. The lowest BCUT2D eigenvalue weighted by Crippen LogP contribution is -2.54. The van der Waals surface area contributed by atoms with Gasteiger partial charge in [0.05, 0.1) is 5.25 Å². The predicted molar refractivity (Wildman–Crippen MR) is 81.2 cm³/mol. The number of nitrogens with one attached hydrogen (secondary N) is 1. The molecular formula is C15H22N2OS. The highest BCUT2D eigenvalue weighted by molar-refractivity contribution is 7.99. The van der Waals surface area contributed by atoms with Crippen molar-refractivity contribution in [3.63, 3.8) is 0 Å². The molecule has 0 saturated carbocycles. The van der Waals surface area contributed by atoms with Crippen LogP contribution in [0.5, 0.6) is 0 Å². The Balaban J connectivity index is 1.85. The van der Waals surface area contributed by atoms with E-state index in [9.17, 15) is 4.79 Å². The molecule has 0 aliphatic carbocycles. The fourth-order valence-corrected chi connectivity index (χ4v) is 3.18. The molecule has 1 aliphatic heterocycles. The average molecular weight is 278 g/mol. The van der Waals surface area contributed by atoms with Crippen molar-refractivity contribution in [2.24, 2.45) is 0 Å². The van der Waals surface area contributed by atoms with Gasteiger partial charge in [-0.3, -0.25) is 4.79 Å². The van der Waals surface area contributed by atoms with Crippen molar-refractivity contribution >= 4 is 17.7 Å². The van der Waals surface area contributed by atoms with Crippen molar-refractivity contribution in [2.45, 2.75) is 30.9 Å². The summed E-state index contributed by atoms with van der Waals surface area (Å²) in [7, 11) is 0. The summed E-state index contributed by atoms with van der Waals surface area (Å²) in [6, 6.07) is 10.6. The van der Waals surface area contributed by atoms with E-state index in [1.807, 2.05) is 30.0 Å². The molecule has 0 radical (unpaired) electrons. The Bertz CT molecular complexity index is 410. The summed E-state index contributed by atoms with van der Waals surface area (Å²) in [5.41, 5.74) is 1.28. The maximum absolute atomic E-state index is 12.4. The first-order chi connectivity index (χ1) is 9.18. The van der Waals surface area contributed by atoms with Crippen molar-refractivity contribution < 1.29 is 4.79 Å². The van der Waals surface area contributed by atoms with Gasteiger partial charge >= 0.3 is 0 Å². The Kier molecular flexibility index (Phi) is 5.28. The first-order valence-corrected chi connectivity index (χ1v) is 7.90. The van der Waals surface area contributed by atoms with E-state index in [0.29, 0.717) is 6.04 Å². The molecule has 0 spiro atoms. The van der Waals surface area contributed by atoms with Crippen LogP contribution in [-0.4, -0.2) is 41.7 Å². The van der Waals surface area contributed by atoms with Crippen LogP contribution < -0.4 is 5.32 Å². The zero-order valence-electron chi connectivity index (χ0n) is 11.6. The second kappa shape index (κ2) is 6.96. The molecule has 104 valence electrons. The van der Waals surface area contributed by atoms with Gasteiger partial charge < -0.3 is 10.2 Å². The SMILES string of the molecule is CC(SCc1ccccc1)C(=O)N1CCNC[C@@H]1C. The van der Waals surface area contributed by atoms with E-state index in [-0.39, 0.29) is 11.2 Å². The van der Waals surface area contributed by atoms with Crippen LogP contribution in [0.3, 0.4) is 0 Å². The van der Waals surface area contributed by atoms with Crippen LogP contribution in [0.2, 0.25) is 0 Å². The number of thioether (sulfide) groups is 1. The Morgan fingerprint density at radius 2 is 2.21 bits per heavy atom. The molecule has 1 aromatic carbocycles. The van der Waals surface area contributed by atoms with E-state index >= 15 is 0 Å². The van der Waals surface area contributed by atoms with Crippen LogP contribution in [0, 0.1) is 0 Å². The summed E-state index contributed by atoms with van der Waals surface area (Å²) in [6.45, 7) is 6.77. The molecule has 19 heavy (non-hydrogen) atoms. The summed E-state index contributed by atoms with van der Waals surface area (Å²) < 4.78 is 0. The maximum Gasteiger partial charge on any atom is 0.235 e. The van der Waals surface area contributed by atoms with E-state index in [4.69, 9.17) is 0 Å². The van der Waals surface area contributed by atoms with Crippen LogP contribution in [0.1, 0.15) is 19.4 Å². The molecule has 1 unspecified atom stereocenters. The zero-order valence-corrected chi connectivity index (χ0v) is 12.5. The van der Waals surface area contributed by atoms with Gasteiger partial charge in [-0.2, -0.15) is 0 Å². The Hall–Kier alpha value is -1.00. The summed E-state index contributed by atoms with van der Waals surface area (Å²) in [5.74, 6) is 1.17. The molecule has 0 bridgehead atoms. The normalized spacial score (nSPS) is 21.2. The van der Waals surface area contributed by atoms with Crippen molar-refractivity contribution in [3.8, 4) is 0 Å². The first kappa shape index (κ1) is 14.4. The molecule has 1 amide bonds. The molecule has 2 atom stereocenters. The highest BCUT2D eigenvalue weighted by atomic mass is 32.2. The van der Waals surface area contributed by atoms with Gasteiger partial charge in [0.25, 0.3) is 0 Å². The van der Waals surface area contributed by atoms with E-state index < -0.39 is 0 Å². The van der Waals surface area contributed by atoms with Gasteiger partial charge in [-0.25, -0.2) is 0 Å². The molecule has 1 aromatic rings. The standard InChI is InChI=1S/C15H22N2OS/c1-12-10-16-8-9-17(12)15(18)13(2)19-11-14-6-4-3-5-7-14/h3-7,12-13,16H,8-11H2,1-2H3/t12-,13?/m0/s1. The lowest BCUT2D eigenvalue weighted by Gasteiger charge is -2.35. The Labute approximate surface area is 119 Å². The number of benzene rings is 1. The molecule has 1 N–H and O–H groups in total. The highest BCUT2D eigenvalue weighted by Crippen LogP contribution is 2.20. The average Bonchev–Trinajstić information content (AvgIpc) is 2.45. The van der Waals surface area contributed by atoms with Crippen LogP contribution >= 0.6 is 11.8 Å². The topological polar surface area (TPSA) is 32.3 Å². The third-order valence-corrected chi connectivity index (χ3v) is 4.68. The summed E-state index contributed by atoms with van der Waals surface area (Å²) in [4.78, 5) is 14.4. The van der Waals surface area contributed by atoms with E-state index in [2.05, 4.69) is 24.4 Å². The number of amides is 1. The fraction of sp³-hybridized carbons (Fsp3) is 0.533. The fourth-order valence-electron chi connectivity index (χ4n) is 2.27. The molecule has 4 heteroatoms. The molecule has 3 nitrogen and oxygen atoms in total. The van der Waals surface area contributed by atoms with Crippen molar-refractivity contribution in [1.82, 2.24) is 10.2 Å². The maximum atomic E-state index is 12.4. The number of rotatable bonds is 4. The minimum atomic E-state index is 0.0285. The largest absolute Gasteiger partial charge is 0.336 e. The lowest BCUT2D eigenvalue weighted by atomic mass is 10.2. The Morgan fingerprint density at radius 1 is 1.47 bits per heavy atom. The van der Waals surface area contributed by atoms with Gasteiger partial charge in [-0.1, -0.05) is 30.3 Å². The van der Waals surface area contributed by atoms with Gasteiger partial charge in [-0.05, 0) is 19.4 Å². The number of piperazine rings is 1. The summed E-state index contributed by atoms with van der Waals surface area (Å²) >= 11 is 1.72. The van der Waals surface area contributed by atoms with E-state index in [0.717, 1.165) is 25.4 Å². The minimum Gasteiger partial charge on any atom is -0.336 e. The van der Waals surface area contributed by atoms with E-state index in [1.165, 1.54) is 5.56 Å². The molecule has 1 fully saturated rings. The predicted octanol–water partition coefficient (Wildman–Crippen LogP) is 2.13. The minimum absolute atomic E-state index is 0.0285. The number of hydrogen-bond donors (Lipinski definition) is 1. The van der Waals surface area contributed by atoms with Crippen molar-refractivity contribution in [3.05, 3.63) is 35.9 Å². The molecular weight excluding hydrogens is 256 g/mol. The lowest BCUT2D eigenvalue weighted by molar-refractivity contribution is -0.133. The summed E-state index contributed by atoms with van der Waals surface area (Å²) in [6.07, 6.45) is 0. The van der Waals surface area contributed by atoms with Gasteiger partial charge in [0, 0.05) is 31.4 Å². The van der Waals surface area contributed by atoms with Crippen molar-refractivity contribution in [2.75, 3.05) is 19.6 Å². The zero-order chi connectivity index (χ0) is 13.7. The van der Waals surface area contributed by atoms with Crippen LogP contribution in [0.15, 0.2) is 30.3 Å². The van der Waals surface area contributed by atoms with Crippen LogP contribution in [0.25, 0.3) is 0 Å². The third-order valence-electron chi connectivity index (χ3n) is 3.47. The van der Waals surface area contributed by atoms with Crippen molar-refractivity contribution in [1.29, 1.82) is 0 Å². The molecule has 1 heterocycles. The Morgan fingerprint density at radius 3 is 2.89 bits per heavy atom. The molecule has 0 aromatic heterocycles. The monoisotopic (exact) mass is 278 g/mol. The van der Waals surface area contributed by atoms with E-state index in [1.54, 1.807) is 11.8 Å². The number of carbonyl (C=O) groups excluding carboxylic acids is 1. The van der Waals surface area contributed by atoms with Crippen LogP contribution in [-0.2, 0) is 10.5 Å².